The average molecular weight is 276 g/mol. The van der Waals surface area contributed by atoms with Crippen LogP contribution in [0.1, 0.15) is 31.7 Å². The number of piperidine rings is 1. The van der Waals surface area contributed by atoms with Crippen LogP contribution in [0.4, 0.5) is 0 Å². The van der Waals surface area contributed by atoms with Crippen LogP contribution in [0.2, 0.25) is 0 Å². The van der Waals surface area contributed by atoms with Crippen LogP contribution in [-0.4, -0.2) is 31.6 Å². The van der Waals surface area contributed by atoms with Crippen LogP contribution in [-0.2, 0) is 11.2 Å². The van der Waals surface area contributed by atoms with Crippen LogP contribution in [0, 0.1) is 0 Å². The first kappa shape index (κ1) is 14.9. The van der Waals surface area contributed by atoms with E-state index in [-0.39, 0.29) is 5.91 Å². The Hall–Kier alpha value is -1.55. The highest BCUT2D eigenvalue weighted by Crippen LogP contribution is 2.17. The fourth-order valence-corrected chi connectivity index (χ4v) is 2.54. The van der Waals surface area contributed by atoms with E-state index in [1.165, 1.54) is 31.7 Å². The highest BCUT2D eigenvalue weighted by atomic mass is 16.5. The summed E-state index contributed by atoms with van der Waals surface area (Å²) in [5.41, 5.74) is 1.31. The number of benzene rings is 1. The number of ether oxygens (including phenoxy) is 1. The molecule has 0 aromatic heterocycles. The van der Waals surface area contributed by atoms with Crippen molar-refractivity contribution in [3.05, 3.63) is 29.8 Å². The molecule has 4 heteroatoms. The van der Waals surface area contributed by atoms with Gasteiger partial charge in [0.1, 0.15) is 12.4 Å². The monoisotopic (exact) mass is 276 g/mol. The lowest BCUT2D eigenvalue weighted by atomic mass is 9.98. The summed E-state index contributed by atoms with van der Waals surface area (Å²) >= 11 is 0. The number of carbonyl (C=O) groups excluding carboxylic acids is 1. The van der Waals surface area contributed by atoms with Crippen molar-refractivity contribution < 1.29 is 9.53 Å². The first-order valence-electron chi connectivity index (χ1n) is 7.43. The molecule has 0 bridgehead atoms. The number of nitrogens with one attached hydrogen (secondary N) is 2. The molecule has 110 valence electrons. The standard InChI is InChI=1S/C16H24N2O2/c1-13(19)17-9-10-20-16-7-4-5-14(12-16)11-15-6-2-3-8-18-15/h4-5,7,12,15,18H,2-3,6,8-11H2,1H3,(H,17,19). The molecule has 0 spiro atoms. The minimum atomic E-state index is -0.0225. The van der Waals surface area contributed by atoms with Crippen LogP contribution in [0.15, 0.2) is 24.3 Å². The fraction of sp³-hybridized carbons (Fsp3) is 0.562. The van der Waals surface area contributed by atoms with Crippen molar-refractivity contribution in [2.45, 2.75) is 38.6 Å². The Kier molecular flexibility index (Phi) is 5.87. The molecule has 1 aromatic rings. The average Bonchev–Trinajstić information content (AvgIpc) is 2.45. The van der Waals surface area contributed by atoms with Gasteiger partial charge in [0, 0.05) is 13.0 Å². The number of amides is 1. The smallest absolute Gasteiger partial charge is 0.216 e. The van der Waals surface area contributed by atoms with E-state index in [0.29, 0.717) is 19.2 Å². The second-order valence-corrected chi connectivity index (χ2v) is 5.33. The third-order valence-corrected chi connectivity index (χ3v) is 3.54. The third kappa shape index (κ3) is 5.21. The molecule has 1 fully saturated rings. The van der Waals surface area contributed by atoms with E-state index in [9.17, 15) is 4.79 Å². The molecule has 2 rings (SSSR count). The van der Waals surface area contributed by atoms with Gasteiger partial charge in [0.15, 0.2) is 0 Å². The van der Waals surface area contributed by atoms with Crippen LogP contribution < -0.4 is 15.4 Å². The summed E-state index contributed by atoms with van der Waals surface area (Å²) in [5, 5.41) is 6.29. The zero-order chi connectivity index (χ0) is 14.2. The molecule has 0 radical (unpaired) electrons. The molecule has 4 nitrogen and oxygen atoms in total. The highest BCUT2D eigenvalue weighted by Gasteiger charge is 2.13. The van der Waals surface area contributed by atoms with Gasteiger partial charge >= 0.3 is 0 Å². The van der Waals surface area contributed by atoms with Crippen LogP contribution >= 0.6 is 0 Å². The van der Waals surface area contributed by atoms with E-state index < -0.39 is 0 Å². The molecular formula is C16H24N2O2. The second kappa shape index (κ2) is 7.90. The summed E-state index contributed by atoms with van der Waals surface area (Å²) in [6.07, 6.45) is 4.93. The first-order chi connectivity index (χ1) is 9.74. The molecule has 1 aliphatic rings. The predicted molar refractivity (Wildman–Crippen MR) is 80.0 cm³/mol. The van der Waals surface area contributed by atoms with Gasteiger partial charge in [-0.05, 0) is 43.5 Å². The maximum atomic E-state index is 10.8. The van der Waals surface area contributed by atoms with Crippen LogP contribution in [0.5, 0.6) is 5.75 Å². The van der Waals surface area contributed by atoms with Crippen molar-refractivity contribution in [1.82, 2.24) is 10.6 Å². The van der Waals surface area contributed by atoms with Gasteiger partial charge in [0.2, 0.25) is 5.91 Å². The minimum absolute atomic E-state index is 0.0225. The minimum Gasteiger partial charge on any atom is -0.492 e. The largest absolute Gasteiger partial charge is 0.492 e. The number of carbonyl (C=O) groups is 1. The van der Waals surface area contributed by atoms with Crippen molar-refractivity contribution in [3.63, 3.8) is 0 Å². The number of rotatable bonds is 6. The van der Waals surface area contributed by atoms with E-state index in [1.54, 1.807) is 0 Å². The Morgan fingerprint density at radius 3 is 3.10 bits per heavy atom. The van der Waals surface area contributed by atoms with Gasteiger partial charge in [-0.3, -0.25) is 4.79 Å². The summed E-state index contributed by atoms with van der Waals surface area (Å²) in [4.78, 5) is 10.8. The van der Waals surface area contributed by atoms with Crippen molar-refractivity contribution >= 4 is 5.91 Å². The van der Waals surface area contributed by atoms with Gasteiger partial charge in [0.25, 0.3) is 0 Å². The maximum Gasteiger partial charge on any atom is 0.216 e. The summed E-state index contributed by atoms with van der Waals surface area (Å²) in [6, 6.07) is 8.84. The molecule has 1 heterocycles. The van der Waals surface area contributed by atoms with Crippen molar-refractivity contribution in [2.75, 3.05) is 19.7 Å². The van der Waals surface area contributed by atoms with Crippen molar-refractivity contribution in [3.8, 4) is 5.75 Å². The number of hydrogen-bond acceptors (Lipinski definition) is 3. The molecule has 1 unspecified atom stereocenters. The van der Waals surface area contributed by atoms with Crippen LogP contribution in [0.3, 0.4) is 0 Å². The van der Waals surface area contributed by atoms with E-state index in [2.05, 4.69) is 22.8 Å². The van der Waals surface area contributed by atoms with Gasteiger partial charge in [0.05, 0.1) is 6.54 Å². The predicted octanol–water partition coefficient (Wildman–Crippen LogP) is 1.89. The lowest BCUT2D eigenvalue weighted by Gasteiger charge is -2.23. The van der Waals surface area contributed by atoms with Gasteiger partial charge in [-0.25, -0.2) is 0 Å². The molecule has 1 atom stereocenters. The molecule has 2 N–H and O–H groups in total. The topological polar surface area (TPSA) is 50.4 Å². The lowest BCUT2D eigenvalue weighted by molar-refractivity contribution is -0.119. The third-order valence-electron chi connectivity index (χ3n) is 3.54. The summed E-state index contributed by atoms with van der Waals surface area (Å²) < 4.78 is 5.65. The molecule has 1 aliphatic heterocycles. The Balaban J connectivity index is 1.79. The van der Waals surface area contributed by atoms with Crippen molar-refractivity contribution in [1.29, 1.82) is 0 Å². The maximum absolute atomic E-state index is 10.8. The fourth-order valence-electron chi connectivity index (χ4n) is 2.54. The molecular weight excluding hydrogens is 252 g/mol. The second-order valence-electron chi connectivity index (χ2n) is 5.33. The number of hydrogen-bond donors (Lipinski definition) is 2. The Morgan fingerprint density at radius 1 is 1.45 bits per heavy atom. The van der Waals surface area contributed by atoms with Gasteiger partial charge < -0.3 is 15.4 Å². The zero-order valence-electron chi connectivity index (χ0n) is 12.2. The Morgan fingerprint density at radius 2 is 2.35 bits per heavy atom. The van der Waals surface area contributed by atoms with Gasteiger partial charge in [-0.2, -0.15) is 0 Å². The summed E-state index contributed by atoms with van der Waals surface area (Å²) in [7, 11) is 0. The zero-order valence-corrected chi connectivity index (χ0v) is 12.2. The highest BCUT2D eigenvalue weighted by molar-refractivity contribution is 5.72. The van der Waals surface area contributed by atoms with E-state index in [4.69, 9.17) is 4.74 Å². The SMILES string of the molecule is CC(=O)NCCOc1cccc(CC2CCCCN2)c1. The molecule has 0 saturated carbocycles. The summed E-state index contributed by atoms with van der Waals surface area (Å²) in [6.45, 7) is 3.70. The quantitative estimate of drug-likeness (QED) is 0.780. The lowest BCUT2D eigenvalue weighted by Crippen LogP contribution is -2.35. The van der Waals surface area contributed by atoms with Crippen molar-refractivity contribution in [2.24, 2.45) is 0 Å². The molecule has 0 aliphatic carbocycles. The van der Waals surface area contributed by atoms with Gasteiger partial charge in [-0.15, -0.1) is 0 Å². The van der Waals surface area contributed by atoms with E-state index >= 15 is 0 Å². The van der Waals surface area contributed by atoms with E-state index in [0.717, 1.165) is 18.7 Å². The molecule has 1 aromatic carbocycles. The van der Waals surface area contributed by atoms with Crippen LogP contribution in [0.25, 0.3) is 0 Å². The van der Waals surface area contributed by atoms with Gasteiger partial charge in [-0.1, -0.05) is 18.6 Å². The first-order valence-corrected chi connectivity index (χ1v) is 7.43. The normalized spacial score (nSPS) is 18.6. The Bertz CT molecular complexity index is 428. The molecule has 20 heavy (non-hydrogen) atoms. The molecule has 1 saturated heterocycles. The Labute approximate surface area is 120 Å². The summed E-state index contributed by atoms with van der Waals surface area (Å²) in [5.74, 6) is 0.856. The van der Waals surface area contributed by atoms with E-state index in [1.807, 2.05) is 12.1 Å². The molecule has 1 amide bonds.